The number of rotatable bonds is 2. The van der Waals surface area contributed by atoms with Crippen LogP contribution in [0.1, 0.15) is 10.5 Å². The number of H-pyrrole nitrogens is 3. The number of hydrogen-bond acceptors (Lipinski definition) is 4. The van der Waals surface area contributed by atoms with E-state index in [1.165, 1.54) is 6.20 Å². The quantitative estimate of drug-likeness (QED) is 0.520. The highest BCUT2D eigenvalue weighted by Gasteiger charge is 2.14. The zero-order chi connectivity index (χ0) is 10.1. The van der Waals surface area contributed by atoms with E-state index < -0.39 is 5.91 Å². The van der Waals surface area contributed by atoms with Gasteiger partial charge in [-0.25, -0.2) is 0 Å². The van der Waals surface area contributed by atoms with Crippen molar-refractivity contribution in [2.45, 2.75) is 0 Å². The summed E-state index contributed by atoms with van der Waals surface area (Å²) in [5.41, 5.74) is 5.80. The molecule has 5 N–H and O–H groups in total. The van der Waals surface area contributed by atoms with Crippen LogP contribution in [0.4, 0.5) is 0 Å². The van der Waals surface area contributed by atoms with Gasteiger partial charge in [-0.2, -0.15) is 10.1 Å². The Morgan fingerprint density at radius 1 is 1.50 bits per heavy atom. The highest BCUT2D eigenvalue weighted by molar-refractivity contribution is 7.71. The van der Waals surface area contributed by atoms with Crippen molar-refractivity contribution in [1.82, 2.24) is 25.4 Å². The molecule has 2 rings (SSSR count). The summed E-state index contributed by atoms with van der Waals surface area (Å²) in [4.78, 5) is 14.9. The third-order valence-corrected chi connectivity index (χ3v) is 1.84. The summed E-state index contributed by atoms with van der Waals surface area (Å²) < 4.78 is 0.302. The molecule has 1 amide bonds. The van der Waals surface area contributed by atoms with Crippen molar-refractivity contribution in [2.75, 3.05) is 0 Å². The average molecular weight is 210 g/mol. The summed E-state index contributed by atoms with van der Waals surface area (Å²) in [5, 5.41) is 11.5. The summed E-state index contributed by atoms with van der Waals surface area (Å²) in [7, 11) is 0. The number of aromatic nitrogens is 5. The molecule has 14 heavy (non-hydrogen) atoms. The van der Waals surface area contributed by atoms with E-state index >= 15 is 0 Å². The molecule has 0 saturated heterocycles. The third-order valence-electron chi connectivity index (χ3n) is 1.64. The summed E-state index contributed by atoms with van der Waals surface area (Å²) in [6.07, 6.45) is 1.45. The Labute approximate surface area is 82.7 Å². The summed E-state index contributed by atoms with van der Waals surface area (Å²) in [6.45, 7) is 0. The zero-order valence-electron chi connectivity index (χ0n) is 6.87. The van der Waals surface area contributed by atoms with Crippen molar-refractivity contribution in [2.24, 2.45) is 5.73 Å². The number of amides is 1. The Morgan fingerprint density at radius 2 is 2.29 bits per heavy atom. The molecule has 0 aliphatic heterocycles. The summed E-state index contributed by atoms with van der Waals surface area (Å²) in [6, 6.07) is 0. The number of carbonyl (C=O) groups is 1. The van der Waals surface area contributed by atoms with Gasteiger partial charge in [0.25, 0.3) is 5.91 Å². The lowest BCUT2D eigenvalue weighted by Crippen LogP contribution is -2.12. The van der Waals surface area contributed by atoms with Gasteiger partial charge in [-0.1, -0.05) is 0 Å². The van der Waals surface area contributed by atoms with Crippen molar-refractivity contribution in [1.29, 1.82) is 0 Å². The number of carbonyl (C=O) groups excluding carboxylic acids is 1. The van der Waals surface area contributed by atoms with Gasteiger partial charge in [0.05, 0.1) is 11.8 Å². The Kier molecular flexibility index (Phi) is 1.89. The van der Waals surface area contributed by atoms with Crippen LogP contribution in [0.3, 0.4) is 0 Å². The van der Waals surface area contributed by atoms with Crippen molar-refractivity contribution < 1.29 is 4.79 Å². The maximum atomic E-state index is 10.9. The fourth-order valence-electron chi connectivity index (χ4n) is 1.05. The molecule has 0 atom stereocenters. The highest BCUT2D eigenvalue weighted by atomic mass is 32.1. The van der Waals surface area contributed by atoms with E-state index in [0.29, 0.717) is 16.2 Å². The van der Waals surface area contributed by atoms with Gasteiger partial charge in [0.1, 0.15) is 5.69 Å². The molecule has 0 fully saturated rings. The number of aromatic amines is 3. The first-order valence-corrected chi connectivity index (χ1v) is 4.07. The third kappa shape index (κ3) is 1.31. The van der Waals surface area contributed by atoms with Crippen LogP contribution in [0.5, 0.6) is 0 Å². The van der Waals surface area contributed by atoms with Gasteiger partial charge >= 0.3 is 0 Å². The fraction of sp³-hybridized carbons (Fsp3) is 0. The van der Waals surface area contributed by atoms with Gasteiger partial charge in [0, 0.05) is 0 Å². The minimum atomic E-state index is -0.597. The smallest absolute Gasteiger partial charge is 0.267 e. The minimum Gasteiger partial charge on any atom is -0.364 e. The van der Waals surface area contributed by atoms with E-state index in [0.717, 1.165) is 0 Å². The van der Waals surface area contributed by atoms with Gasteiger partial charge in [0.15, 0.2) is 5.82 Å². The Hall–Kier alpha value is -1.96. The number of hydrogen-bond donors (Lipinski definition) is 4. The number of nitrogens with zero attached hydrogens (tertiary/aromatic N) is 2. The second-order valence-corrected chi connectivity index (χ2v) is 2.93. The maximum Gasteiger partial charge on any atom is 0.267 e. The normalized spacial score (nSPS) is 10.3. The van der Waals surface area contributed by atoms with Gasteiger partial charge in [-0.05, 0) is 12.2 Å². The van der Waals surface area contributed by atoms with Crippen molar-refractivity contribution >= 4 is 18.1 Å². The highest BCUT2D eigenvalue weighted by Crippen LogP contribution is 2.16. The van der Waals surface area contributed by atoms with E-state index in [4.69, 9.17) is 18.0 Å². The zero-order valence-corrected chi connectivity index (χ0v) is 7.68. The Morgan fingerprint density at radius 3 is 2.86 bits per heavy atom. The lowest BCUT2D eigenvalue weighted by atomic mass is 10.2. The van der Waals surface area contributed by atoms with Gasteiger partial charge in [-0.3, -0.25) is 20.1 Å². The second kappa shape index (κ2) is 3.07. The second-order valence-electron chi connectivity index (χ2n) is 2.54. The topological polar surface area (TPSA) is 116 Å². The molecule has 0 radical (unpaired) electrons. The molecule has 7 nitrogen and oxygen atoms in total. The molecular formula is C6H6N6OS. The lowest BCUT2D eigenvalue weighted by Gasteiger charge is -1.92. The molecule has 2 aromatic rings. The number of primary amides is 1. The largest absolute Gasteiger partial charge is 0.364 e. The molecule has 0 spiro atoms. The fourth-order valence-corrected chi connectivity index (χ4v) is 1.19. The predicted molar refractivity (Wildman–Crippen MR) is 49.9 cm³/mol. The van der Waals surface area contributed by atoms with Crippen LogP contribution in [0.2, 0.25) is 0 Å². The SMILES string of the molecule is NC(=O)c1[nH]ncc1-c1nc(=S)[nH][nH]1. The van der Waals surface area contributed by atoms with E-state index in [1.807, 2.05) is 0 Å². The Balaban J connectivity index is 2.56. The molecule has 0 bridgehead atoms. The summed E-state index contributed by atoms with van der Waals surface area (Å²) >= 11 is 4.77. The van der Waals surface area contributed by atoms with E-state index in [2.05, 4.69) is 25.4 Å². The van der Waals surface area contributed by atoms with Crippen LogP contribution >= 0.6 is 12.2 Å². The number of nitrogens with two attached hydrogens (primary N) is 1. The minimum absolute atomic E-state index is 0.197. The van der Waals surface area contributed by atoms with Gasteiger partial charge < -0.3 is 5.73 Å². The first-order valence-electron chi connectivity index (χ1n) is 3.66. The molecule has 8 heteroatoms. The Bertz CT molecular complexity index is 522. The van der Waals surface area contributed by atoms with Crippen LogP contribution < -0.4 is 5.73 Å². The first kappa shape index (κ1) is 8.63. The van der Waals surface area contributed by atoms with Crippen LogP contribution in [0.15, 0.2) is 6.20 Å². The van der Waals surface area contributed by atoms with Crippen molar-refractivity contribution in [3.63, 3.8) is 0 Å². The van der Waals surface area contributed by atoms with Gasteiger partial charge in [0.2, 0.25) is 4.77 Å². The van der Waals surface area contributed by atoms with E-state index in [-0.39, 0.29) is 5.69 Å². The standard InChI is InChI=1S/C6H6N6OS/c7-4(13)3-2(1-8-10-3)5-9-6(14)12-11-5/h1H,(H2,7,13)(H,8,10)(H2,9,11,12,14). The summed E-state index contributed by atoms with van der Waals surface area (Å²) in [5.74, 6) is -0.169. The maximum absolute atomic E-state index is 10.9. The van der Waals surface area contributed by atoms with E-state index in [9.17, 15) is 4.79 Å². The van der Waals surface area contributed by atoms with Crippen LogP contribution in [0, 0.1) is 4.77 Å². The van der Waals surface area contributed by atoms with Crippen molar-refractivity contribution in [3.05, 3.63) is 16.7 Å². The number of nitrogens with one attached hydrogen (secondary N) is 3. The molecule has 72 valence electrons. The van der Waals surface area contributed by atoms with E-state index in [1.54, 1.807) is 0 Å². The molecule has 0 aliphatic carbocycles. The molecule has 0 aliphatic rings. The molecule has 0 unspecified atom stereocenters. The molecular weight excluding hydrogens is 204 g/mol. The van der Waals surface area contributed by atoms with Gasteiger partial charge in [-0.15, -0.1) is 0 Å². The van der Waals surface area contributed by atoms with Crippen LogP contribution in [-0.4, -0.2) is 31.3 Å². The molecule has 0 saturated carbocycles. The lowest BCUT2D eigenvalue weighted by molar-refractivity contribution is 0.0996. The van der Waals surface area contributed by atoms with Crippen molar-refractivity contribution in [3.8, 4) is 11.4 Å². The molecule has 0 aromatic carbocycles. The molecule has 2 aromatic heterocycles. The van der Waals surface area contributed by atoms with Crippen LogP contribution in [-0.2, 0) is 0 Å². The van der Waals surface area contributed by atoms with Crippen LogP contribution in [0.25, 0.3) is 11.4 Å². The molecule has 2 heterocycles. The monoisotopic (exact) mass is 210 g/mol. The first-order chi connectivity index (χ1) is 6.68. The predicted octanol–water partition coefficient (Wildman–Crippen LogP) is -0.0437. The average Bonchev–Trinajstić information content (AvgIpc) is 2.70.